The SMILES string of the molecule is COc1cc(OC)cc(C(=O)Nc2ccc3c(c2)CN(C(=O)c2ccccc2)CC3)c1. The zero-order valence-electron chi connectivity index (χ0n) is 17.6. The summed E-state index contributed by atoms with van der Waals surface area (Å²) in [4.78, 5) is 27.4. The van der Waals surface area contributed by atoms with Gasteiger partial charge in [0, 0.05) is 36.0 Å². The molecule has 0 fully saturated rings. The molecule has 31 heavy (non-hydrogen) atoms. The predicted octanol–water partition coefficient (Wildman–Crippen LogP) is 4.15. The molecule has 3 aromatic rings. The predicted molar refractivity (Wildman–Crippen MR) is 119 cm³/mol. The zero-order valence-corrected chi connectivity index (χ0v) is 17.6. The average molecular weight is 416 g/mol. The van der Waals surface area contributed by atoms with Gasteiger partial charge in [0.1, 0.15) is 11.5 Å². The lowest BCUT2D eigenvalue weighted by atomic mass is 9.98. The maximum absolute atomic E-state index is 12.8. The van der Waals surface area contributed by atoms with Crippen LogP contribution >= 0.6 is 0 Å². The lowest BCUT2D eigenvalue weighted by molar-refractivity contribution is 0.0734. The fraction of sp³-hybridized carbons (Fsp3) is 0.200. The van der Waals surface area contributed by atoms with E-state index in [2.05, 4.69) is 5.32 Å². The molecule has 1 aliphatic rings. The van der Waals surface area contributed by atoms with Gasteiger partial charge in [0.05, 0.1) is 14.2 Å². The number of amides is 2. The van der Waals surface area contributed by atoms with Crippen LogP contribution in [0.1, 0.15) is 31.8 Å². The van der Waals surface area contributed by atoms with Crippen molar-refractivity contribution in [3.05, 3.63) is 89.0 Å². The van der Waals surface area contributed by atoms with Crippen molar-refractivity contribution in [3.8, 4) is 11.5 Å². The average Bonchev–Trinajstić information content (AvgIpc) is 2.83. The summed E-state index contributed by atoms with van der Waals surface area (Å²) in [7, 11) is 3.09. The number of hydrogen-bond donors (Lipinski definition) is 1. The molecule has 0 radical (unpaired) electrons. The number of hydrogen-bond acceptors (Lipinski definition) is 4. The third kappa shape index (κ3) is 4.53. The molecule has 0 aromatic heterocycles. The highest BCUT2D eigenvalue weighted by atomic mass is 16.5. The minimum atomic E-state index is -0.259. The van der Waals surface area contributed by atoms with Crippen LogP contribution in [0.2, 0.25) is 0 Å². The molecule has 0 spiro atoms. The van der Waals surface area contributed by atoms with Gasteiger partial charge in [-0.3, -0.25) is 9.59 Å². The number of benzene rings is 3. The molecule has 2 amide bonds. The Balaban J connectivity index is 1.51. The summed E-state index contributed by atoms with van der Waals surface area (Å²) >= 11 is 0. The molecule has 3 aromatic carbocycles. The standard InChI is InChI=1S/C25H24N2O4/c1-30-22-13-19(14-23(15-22)31-2)24(28)26-21-9-8-17-10-11-27(16-20(17)12-21)25(29)18-6-4-3-5-7-18/h3-9,12-15H,10-11,16H2,1-2H3,(H,26,28). The van der Waals surface area contributed by atoms with Crippen LogP contribution < -0.4 is 14.8 Å². The molecule has 0 unspecified atom stereocenters. The van der Waals surface area contributed by atoms with Crippen molar-refractivity contribution in [3.63, 3.8) is 0 Å². The van der Waals surface area contributed by atoms with Gasteiger partial charge in [-0.2, -0.15) is 0 Å². The Kier molecular flexibility index (Phi) is 5.89. The van der Waals surface area contributed by atoms with E-state index < -0.39 is 0 Å². The number of rotatable bonds is 5. The molecule has 0 aliphatic carbocycles. The van der Waals surface area contributed by atoms with Gasteiger partial charge >= 0.3 is 0 Å². The van der Waals surface area contributed by atoms with Crippen molar-refractivity contribution < 1.29 is 19.1 Å². The minimum Gasteiger partial charge on any atom is -0.497 e. The number of carbonyl (C=O) groups excluding carboxylic acids is 2. The van der Waals surface area contributed by atoms with Crippen LogP contribution in [0.15, 0.2) is 66.7 Å². The number of nitrogens with zero attached hydrogens (tertiary/aromatic N) is 1. The lowest BCUT2D eigenvalue weighted by Crippen LogP contribution is -2.36. The molecule has 4 rings (SSSR count). The first-order valence-corrected chi connectivity index (χ1v) is 10.1. The Morgan fingerprint density at radius 3 is 2.23 bits per heavy atom. The van der Waals surface area contributed by atoms with Crippen LogP contribution in [-0.2, 0) is 13.0 Å². The summed E-state index contributed by atoms with van der Waals surface area (Å²) in [5.41, 5.74) is 4.03. The Morgan fingerprint density at radius 2 is 1.55 bits per heavy atom. The van der Waals surface area contributed by atoms with E-state index >= 15 is 0 Å². The smallest absolute Gasteiger partial charge is 0.255 e. The molecule has 1 N–H and O–H groups in total. The highest BCUT2D eigenvalue weighted by Crippen LogP contribution is 2.26. The summed E-state index contributed by atoms with van der Waals surface area (Å²) in [6, 6.07) is 20.2. The summed E-state index contributed by atoms with van der Waals surface area (Å²) in [5, 5.41) is 2.93. The number of fused-ring (bicyclic) bond motifs is 1. The maximum Gasteiger partial charge on any atom is 0.255 e. The van der Waals surface area contributed by atoms with Gasteiger partial charge in [0.15, 0.2) is 0 Å². The Bertz CT molecular complexity index is 1090. The second kappa shape index (κ2) is 8.92. The van der Waals surface area contributed by atoms with Gasteiger partial charge < -0.3 is 19.7 Å². The molecule has 6 heteroatoms. The Hall–Kier alpha value is -3.80. The Morgan fingerprint density at radius 1 is 0.839 bits per heavy atom. The third-order valence-electron chi connectivity index (χ3n) is 5.40. The maximum atomic E-state index is 12.8. The highest BCUT2D eigenvalue weighted by molar-refractivity contribution is 6.05. The van der Waals surface area contributed by atoms with E-state index in [1.165, 1.54) is 5.56 Å². The van der Waals surface area contributed by atoms with Gasteiger partial charge in [-0.1, -0.05) is 24.3 Å². The van der Waals surface area contributed by atoms with Gasteiger partial charge in [-0.15, -0.1) is 0 Å². The fourth-order valence-electron chi connectivity index (χ4n) is 3.71. The molecule has 158 valence electrons. The number of ether oxygens (including phenoxy) is 2. The molecule has 0 bridgehead atoms. The van der Waals surface area contributed by atoms with Crippen molar-refractivity contribution in [2.75, 3.05) is 26.1 Å². The lowest BCUT2D eigenvalue weighted by Gasteiger charge is -2.29. The van der Waals surface area contributed by atoms with E-state index in [1.54, 1.807) is 32.4 Å². The van der Waals surface area contributed by atoms with Gasteiger partial charge in [-0.25, -0.2) is 0 Å². The van der Waals surface area contributed by atoms with Crippen LogP contribution in [0, 0.1) is 0 Å². The van der Waals surface area contributed by atoms with E-state index in [4.69, 9.17) is 9.47 Å². The molecule has 0 saturated carbocycles. The van der Waals surface area contributed by atoms with Crippen LogP contribution in [0.4, 0.5) is 5.69 Å². The van der Waals surface area contributed by atoms with E-state index in [0.717, 1.165) is 12.0 Å². The molecule has 1 heterocycles. The van der Waals surface area contributed by atoms with Crippen molar-refractivity contribution in [2.24, 2.45) is 0 Å². The van der Waals surface area contributed by atoms with E-state index in [-0.39, 0.29) is 11.8 Å². The third-order valence-corrected chi connectivity index (χ3v) is 5.40. The van der Waals surface area contributed by atoms with Crippen molar-refractivity contribution >= 4 is 17.5 Å². The van der Waals surface area contributed by atoms with Crippen LogP contribution in [0.25, 0.3) is 0 Å². The van der Waals surface area contributed by atoms with Crippen LogP contribution in [0.5, 0.6) is 11.5 Å². The number of carbonyl (C=O) groups is 2. The number of nitrogens with one attached hydrogen (secondary N) is 1. The quantitative estimate of drug-likeness (QED) is 0.678. The highest BCUT2D eigenvalue weighted by Gasteiger charge is 2.22. The normalized spacial score (nSPS) is 12.6. The first-order chi connectivity index (χ1) is 15.1. The van der Waals surface area contributed by atoms with Gasteiger partial charge in [-0.05, 0) is 53.9 Å². The van der Waals surface area contributed by atoms with E-state index in [0.29, 0.717) is 41.4 Å². The summed E-state index contributed by atoms with van der Waals surface area (Å²) in [5.74, 6) is 0.851. The zero-order chi connectivity index (χ0) is 21.8. The largest absolute Gasteiger partial charge is 0.497 e. The summed E-state index contributed by atoms with van der Waals surface area (Å²) in [6.45, 7) is 1.19. The Labute approximate surface area is 181 Å². The number of methoxy groups -OCH3 is 2. The van der Waals surface area contributed by atoms with Crippen LogP contribution in [-0.4, -0.2) is 37.5 Å². The van der Waals surface area contributed by atoms with E-state index in [1.807, 2.05) is 53.4 Å². The fourth-order valence-corrected chi connectivity index (χ4v) is 3.71. The molecular formula is C25H24N2O4. The van der Waals surface area contributed by atoms with Crippen molar-refractivity contribution in [1.29, 1.82) is 0 Å². The van der Waals surface area contributed by atoms with Crippen molar-refractivity contribution in [1.82, 2.24) is 4.90 Å². The topological polar surface area (TPSA) is 67.9 Å². The second-order valence-corrected chi connectivity index (χ2v) is 7.38. The molecule has 1 aliphatic heterocycles. The van der Waals surface area contributed by atoms with E-state index in [9.17, 15) is 9.59 Å². The monoisotopic (exact) mass is 416 g/mol. The summed E-state index contributed by atoms with van der Waals surface area (Å²) < 4.78 is 10.5. The first-order valence-electron chi connectivity index (χ1n) is 10.1. The molecular weight excluding hydrogens is 392 g/mol. The molecule has 0 saturated heterocycles. The first kappa shape index (κ1) is 20.5. The second-order valence-electron chi connectivity index (χ2n) is 7.38. The van der Waals surface area contributed by atoms with Crippen LogP contribution in [0.3, 0.4) is 0 Å². The van der Waals surface area contributed by atoms with Gasteiger partial charge in [0.2, 0.25) is 0 Å². The molecule has 0 atom stereocenters. The van der Waals surface area contributed by atoms with Crippen molar-refractivity contribution in [2.45, 2.75) is 13.0 Å². The molecule has 6 nitrogen and oxygen atoms in total. The summed E-state index contributed by atoms with van der Waals surface area (Å²) in [6.07, 6.45) is 0.787. The number of anilines is 1. The van der Waals surface area contributed by atoms with Gasteiger partial charge in [0.25, 0.3) is 11.8 Å². The minimum absolute atomic E-state index is 0.0177.